The van der Waals surface area contributed by atoms with Crippen molar-refractivity contribution in [3.05, 3.63) is 64.1 Å². The number of aryl methyl sites for hydroxylation is 1. The molecular weight excluding hydrogens is 316 g/mol. The number of para-hydroxylation sites is 1. The second-order valence-corrected chi connectivity index (χ2v) is 5.45. The summed E-state index contributed by atoms with van der Waals surface area (Å²) in [6.45, 7) is 2.67. The number of amides is 2. The van der Waals surface area contributed by atoms with E-state index in [-0.39, 0.29) is 6.03 Å². The average Bonchev–Trinajstić information content (AvgIpc) is 2.44. The number of carbonyl (C=O) groups excluding carboxylic acids is 1. The lowest BCUT2D eigenvalue weighted by molar-refractivity contribution is 0.252. The van der Waals surface area contributed by atoms with Gasteiger partial charge in [0, 0.05) is 11.0 Å². The van der Waals surface area contributed by atoms with Crippen LogP contribution in [-0.4, -0.2) is 12.6 Å². The Balaban J connectivity index is 1.78. The number of urea groups is 1. The monoisotopic (exact) mass is 332 g/mol. The van der Waals surface area contributed by atoms with Crippen LogP contribution < -0.4 is 10.6 Å². The third kappa shape index (κ3) is 4.38. The summed E-state index contributed by atoms with van der Waals surface area (Å²) in [4.78, 5) is 11.8. The number of benzene rings is 2. The van der Waals surface area contributed by atoms with Gasteiger partial charge in [-0.2, -0.15) is 0 Å². The Kier molecular flexibility index (Phi) is 5.18. The molecule has 0 atom stereocenters. The molecule has 0 aliphatic heterocycles. The molecule has 0 aliphatic carbocycles. The number of anilines is 1. The Bertz CT molecular complexity index is 581. The summed E-state index contributed by atoms with van der Waals surface area (Å²) in [6.07, 6.45) is 0.823. The Morgan fingerprint density at radius 1 is 1.10 bits per heavy atom. The Morgan fingerprint density at radius 2 is 1.80 bits per heavy atom. The lowest BCUT2D eigenvalue weighted by atomic mass is 10.1. The molecule has 0 heterocycles. The van der Waals surface area contributed by atoms with E-state index in [0.717, 1.165) is 16.6 Å². The highest BCUT2D eigenvalue weighted by atomic mass is 79.9. The summed E-state index contributed by atoms with van der Waals surface area (Å²) in [5.41, 5.74) is 3.23. The van der Waals surface area contributed by atoms with Crippen LogP contribution in [-0.2, 0) is 6.42 Å². The highest BCUT2D eigenvalue weighted by molar-refractivity contribution is 9.10. The predicted octanol–water partition coefficient (Wildman–Crippen LogP) is 4.12. The Hall–Kier alpha value is -1.81. The summed E-state index contributed by atoms with van der Waals surface area (Å²) in [6, 6.07) is 15.7. The van der Waals surface area contributed by atoms with Crippen molar-refractivity contribution in [2.75, 3.05) is 11.9 Å². The quantitative estimate of drug-likeness (QED) is 0.868. The van der Waals surface area contributed by atoms with Gasteiger partial charge < -0.3 is 10.6 Å². The number of halogens is 1. The summed E-state index contributed by atoms with van der Waals surface area (Å²) in [7, 11) is 0. The number of rotatable bonds is 4. The van der Waals surface area contributed by atoms with Gasteiger partial charge in [-0.05, 0) is 47.0 Å². The summed E-state index contributed by atoms with van der Waals surface area (Å²) in [5, 5.41) is 5.66. The van der Waals surface area contributed by atoms with Crippen molar-refractivity contribution in [2.24, 2.45) is 0 Å². The lowest BCUT2D eigenvalue weighted by Crippen LogP contribution is -2.30. The maximum atomic E-state index is 11.8. The van der Waals surface area contributed by atoms with Gasteiger partial charge >= 0.3 is 6.03 Å². The molecule has 4 heteroatoms. The zero-order chi connectivity index (χ0) is 14.4. The number of carbonyl (C=O) groups is 1. The largest absolute Gasteiger partial charge is 0.338 e. The van der Waals surface area contributed by atoms with E-state index in [1.165, 1.54) is 11.1 Å². The molecule has 0 unspecified atom stereocenters. The lowest BCUT2D eigenvalue weighted by Gasteiger charge is -2.09. The van der Waals surface area contributed by atoms with Gasteiger partial charge in [0.1, 0.15) is 0 Å². The summed E-state index contributed by atoms with van der Waals surface area (Å²) < 4.78 is 0.869. The van der Waals surface area contributed by atoms with Gasteiger partial charge in [-0.15, -0.1) is 0 Å². The van der Waals surface area contributed by atoms with Crippen LogP contribution in [0.3, 0.4) is 0 Å². The van der Waals surface area contributed by atoms with Crippen molar-refractivity contribution in [3.8, 4) is 0 Å². The van der Waals surface area contributed by atoms with Crippen molar-refractivity contribution in [1.82, 2.24) is 5.32 Å². The second-order valence-electron chi connectivity index (χ2n) is 4.60. The molecule has 2 N–H and O–H groups in total. The molecule has 104 valence electrons. The maximum Gasteiger partial charge on any atom is 0.319 e. The third-order valence-corrected chi connectivity index (χ3v) is 3.63. The second kappa shape index (κ2) is 7.10. The zero-order valence-electron chi connectivity index (χ0n) is 11.3. The molecule has 0 aliphatic rings. The average molecular weight is 333 g/mol. The zero-order valence-corrected chi connectivity index (χ0v) is 12.9. The minimum atomic E-state index is -0.191. The van der Waals surface area contributed by atoms with Crippen molar-refractivity contribution in [3.63, 3.8) is 0 Å². The highest BCUT2D eigenvalue weighted by Gasteiger charge is 2.03. The van der Waals surface area contributed by atoms with Gasteiger partial charge in [-0.3, -0.25) is 0 Å². The van der Waals surface area contributed by atoms with Gasteiger partial charge in [0.15, 0.2) is 0 Å². The first-order valence-electron chi connectivity index (χ1n) is 6.50. The SMILES string of the molecule is Cc1ccc(CCNC(=O)Nc2ccccc2Br)cc1. The molecular formula is C16H17BrN2O. The fourth-order valence-electron chi connectivity index (χ4n) is 1.80. The van der Waals surface area contributed by atoms with Crippen molar-refractivity contribution < 1.29 is 4.79 Å². The first-order valence-corrected chi connectivity index (χ1v) is 7.29. The number of hydrogen-bond acceptors (Lipinski definition) is 1. The van der Waals surface area contributed by atoms with Crippen LogP contribution in [0.15, 0.2) is 53.0 Å². The fourth-order valence-corrected chi connectivity index (χ4v) is 2.19. The topological polar surface area (TPSA) is 41.1 Å². The van der Waals surface area contributed by atoms with E-state index in [1.54, 1.807) is 0 Å². The van der Waals surface area contributed by atoms with Crippen molar-refractivity contribution in [1.29, 1.82) is 0 Å². The Morgan fingerprint density at radius 3 is 2.50 bits per heavy atom. The van der Waals surface area contributed by atoms with Gasteiger partial charge in [0.2, 0.25) is 0 Å². The maximum absolute atomic E-state index is 11.8. The smallest absolute Gasteiger partial charge is 0.319 e. The van der Waals surface area contributed by atoms with Crippen LogP contribution in [0.2, 0.25) is 0 Å². The van der Waals surface area contributed by atoms with Crippen LogP contribution in [0.4, 0.5) is 10.5 Å². The van der Waals surface area contributed by atoms with E-state index in [2.05, 4.69) is 57.8 Å². The van der Waals surface area contributed by atoms with Gasteiger partial charge in [-0.1, -0.05) is 42.0 Å². The minimum Gasteiger partial charge on any atom is -0.338 e. The molecule has 3 nitrogen and oxygen atoms in total. The standard InChI is InChI=1S/C16H17BrN2O/c1-12-6-8-13(9-7-12)10-11-18-16(20)19-15-5-3-2-4-14(15)17/h2-9H,10-11H2,1H3,(H2,18,19,20). The van der Waals surface area contributed by atoms with E-state index < -0.39 is 0 Å². The molecule has 0 spiro atoms. The summed E-state index contributed by atoms with van der Waals surface area (Å²) in [5.74, 6) is 0. The highest BCUT2D eigenvalue weighted by Crippen LogP contribution is 2.20. The first kappa shape index (κ1) is 14.6. The van der Waals surface area contributed by atoms with E-state index >= 15 is 0 Å². The molecule has 2 amide bonds. The van der Waals surface area contributed by atoms with Crippen LogP contribution >= 0.6 is 15.9 Å². The van der Waals surface area contributed by atoms with Gasteiger partial charge in [-0.25, -0.2) is 4.79 Å². The predicted molar refractivity (Wildman–Crippen MR) is 86.0 cm³/mol. The van der Waals surface area contributed by atoms with E-state index in [1.807, 2.05) is 24.3 Å². The molecule has 20 heavy (non-hydrogen) atoms. The molecule has 0 radical (unpaired) electrons. The fraction of sp³-hybridized carbons (Fsp3) is 0.188. The number of nitrogens with one attached hydrogen (secondary N) is 2. The molecule has 0 saturated carbocycles. The Labute approximate surface area is 127 Å². The summed E-state index contributed by atoms with van der Waals surface area (Å²) >= 11 is 3.39. The third-order valence-electron chi connectivity index (χ3n) is 2.94. The van der Waals surface area contributed by atoms with E-state index in [4.69, 9.17) is 0 Å². The van der Waals surface area contributed by atoms with E-state index in [9.17, 15) is 4.79 Å². The molecule has 0 bridgehead atoms. The molecule has 0 aromatic heterocycles. The molecule has 2 aromatic rings. The normalized spacial score (nSPS) is 10.1. The van der Waals surface area contributed by atoms with Gasteiger partial charge in [0.05, 0.1) is 5.69 Å². The van der Waals surface area contributed by atoms with Crippen molar-refractivity contribution >= 4 is 27.6 Å². The van der Waals surface area contributed by atoms with Crippen LogP contribution in [0.5, 0.6) is 0 Å². The van der Waals surface area contributed by atoms with Crippen LogP contribution in [0.1, 0.15) is 11.1 Å². The molecule has 0 fully saturated rings. The molecule has 2 rings (SSSR count). The van der Waals surface area contributed by atoms with Crippen LogP contribution in [0, 0.1) is 6.92 Å². The first-order chi connectivity index (χ1) is 9.65. The van der Waals surface area contributed by atoms with Crippen molar-refractivity contribution in [2.45, 2.75) is 13.3 Å². The van der Waals surface area contributed by atoms with E-state index in [0.29, 0.717) is 6.54 Å². The molecule has 2 aromatic carbocycles. The van der Waals surface area contributed by atoms with Crippen LogP contribution in [0.25, 0.3) is 0 Å². The number of hydrogen-bond donors (Lipinski definition) is 2. The molecule has 0 saturated heterocycles. The van der Waals surface area contributed by atoms with Gasteiger partial charge in [0.25, 0.3) is 0 Å². The minimum absolute atomic E-state index is 0.191.